The van der Waals surface area contributed by atoms with Gasteiger partial charge in [-0.1, -0.05) is 41.4 Å². The van der Waals surface area contributed by atoms with Crippen molar-refractivity contribution in [2.24, 2.45) is 5.92 Å². The summed E-state index contributed by atoms with van der Waals surface area (Å²) in [5.41, 5.74) is 0.816. The number of halogens is 1. The van der Waals surface area contributed by atoms with Gasteiger partial charge in [0.05, 0.1) is 6.54 Å². The quantitative estimate of drug-likeness (QED) is 0.789. The summed E-state index contributed by atoms with van der Waals surface area (Å²) in [5.74, 6) is 1.10. The maximum absolute atomic E-state index is 12.1. The van der Waals surface area contributed by atoms with Crippen molar-refractivity contribution >= 4 is 21.7 Å². The molecular formula is C15H20BrNO. The van der Waals surface area contributed by atoms with Gasteiger partial charge in [-0.05, 0) is 44.0 Å². The molecule has 1 aliphatic rings. The molecule has 0 aliphatic carbocycles. The lowest BCUT2D eigenvalue weighted by molar-refractivity contribution is 0.0894. The van der Waals surface area contributed by atoms with Gasteiger partial charge >= 0.3 is 0 Å². The Labute approximate surface area is 117 Å². The number of hydrogen-bond acceptors (Lipinski definition) is 2. The van der Waals surface area contributed by atoms with Gasteiger partial charge < -0.3 is 0 Å². The van der Waals surface area contributed by atoms with Crippen LogP contribution in [0.1, 0.15) is 36.5 Å². The third-order valence-corrected chi connectivity index (χ3v) is 4.35. The minimum Gasteiger partial charge on any atom is -0.296 e. The summed E-state index contributed by atoms with van der Waals surface area (Å²) in [7, 11) is 0. The van der Waals surface area contributed by atoms with Crippen LogP contribution < -0.4 is 0 Å². The standard InChI is InChI=1S/C15H20BrNO/c1-2-12-7-9-17(10-8-12)11-15(18)13-3-5-14(16)6-4-13/h3-6,12H,2,7-11H2,1H3. The smallest absolute Gasteiger partial charge is 0.176 e. The molecule has 98 valence electrons. The van der Waals surface area contributed by atoms with Gasteiger partial charge in [0.1, 0.15) is 0 Å². The van der Waals surface area contributed by atoms with Crippen molar-refractivity contribution in [3.05, 3.63) is 34.3 Å². The first kappa shape index (κ1) is 13.8. The van der Waals surface area contributed by atoms with Crippen molar-refractivity contribution in [3.63, 3.8) is 0 Å². The predicted octanol–water partition coefficient (Wildman–Crippen LogP) is 3.75. The summed E-state index contributed by atoms with van der Waals surface area (Å²) >= 11 is 3.39. The van der Waals surface area contributed by atoms with E-state index >= 15 is 0 Å². The minimum atomic E-state index is 0.234. The zero-order valence-corrected chi connectivity index (χ0v) is 12.4. The largest absolute Gasteiger partial charge is 0.296 e. The monoisotopic (exact) mass is 309 g/mol. The van der Waals surface area contributed by atoms with Crippen molar-refractivity contribution in [1.82, 2.24) is 4.90 Å². The molecule has 0 aromatic heterocycles. The molecule has 2 nitrogen and oxygen atoms in total. The van der Waals surface area contributed by atoms with Crippen molar-refractivity contribution in [1.29, 1.82) is 0 Å². The third-order valence-electron chi connectivity index (χ3n) is 3.82. The van der Waals surface area contributed by atoms with E-state index in [2.05, 4.69) is 27.8 Å². The highest BCUT2D eigenvalue weighted by Crippen LogP contribution is 2.20. The molecule has 1 fully saturated rings. The van der Waals surface area contributed by atoms with Crippen LogP contribution in [0.2, 0.25) is 0 Å². The van der Waals surface area contributed by atoms with E-state index in [1.54, 1.807) is 0 Å². The summed E-state index contributed by atoms with van der Waals surface area (Å²) in [4.78, 5) is 14.4. The topological polar surface area (TPSA) is 20.3 Å². The summed E-state index contributed by atoms with van der Waals surface area (Å²) in [5, 5.41) is 0. The Kier molecular flexibility index (Phi) is 4.95. The molecule has 0 unspecified atom stereocenters. The van der Waals surface area contributed by atoms with Gasteiger partial charge in [-0.2, -0.15) is 0 Å². The minimum absolute atomic E-state index is 0.234. The highest BCUT2D eigenvalue weighted by molar-refractivity contribution is 9.10. The zero-order chi connectivity index (χ0) is 13.0. The van der Waals surface area contributed by atoms with Crippen LogP contribution >= 0.6 is 15.9 Å². The molecule has 0 atom stereocenters. The Morgan fingerprint density at radius 1 is 1.28 bits per heavy atom. The fourth-order valence-corrected chi connectivity index (χ4v) is 2.75. The number of rotatable bonds is 4. The van der Waals surface area contributed by atoms with Gasteiger partial charge in [-0.25, -0.2) is 0 Å². The number of carbonyl (C=O) groups excluding carboxylic acids is 1. The lowest BCUT2D eigenvalue weighted by Gasteiger charge is -2.30. The molecule has 1 aliphatic heterocycles. The Morgan fingerprint density at radius 3 is 2.44 bits per heavy atom. The number of Topliss-reactive ketones (excluding diaryl/α,β-unsaturated/α-hetero) is 1. The van der Waals surface area contributed by atoms with Crippen molar-refractivity contribution in [2.45, 2.75) is 26.2 Å². The van der Waals surface area contributed by atoms with E-state index in [4.69, 9.17) is 0 Å². The van der Waals surface area contributed by atoms with E-state index in [1.807, 2.05) is 24.3 Å². The van der Waals surface area contributed by atoms with Gasteiger partial charge in [0.15, 0.2) is 5.78 Å². The molecule has 0 bridgehead atoms. The molecule has 1 aromatic rings. The van der Waals surface area contributed by atoms with Crippen LogP contribution in [0.3, 0.4) is 0 Å². The Morgan fingerprint density at radius 2 is 1.89 bits per heavy atom. The first-order valence-electron chi connectivity index (χ1n) is 6.70. The van der Waals surface area contributed by atoms with E-state index in [9.17, 15) is 4.79 Å². The van der Waals surface area contributed by atoms with Crippen LogP contribution in [-0.2, 0) is 0 Å². The van der Waals surface area contributed by atoms with Gasteiger partial charge in [0.25, 0.3) is 0 Å². The summed E-state index contributed by atoms with van der Waals surface area (Å²) in [6, 6.07) is 7.64. The molecule has 1 aromatic carbocycles. The number of piperidine rings is 1. The average molecular weight is 310 g/mol. The molecule has 0 saturated carbocycles. The van der Waals surface area contributed by atoms with Crippen LogP contribution in [-0.4, -0.2) is 30.3 Å². The van der Waals surface area contributed by atoms with Crippen molar-refractivity contribution < 1.29 is 4.79 Å². The van der Waals surface area contributed by atoms with E-state index in [0.717, 1.165) is 29.0 Å². The summed E-state index contributed by atoms with van der Waals surface area (Å²) in [6.07, 6.45) is 3.75. The predicted molar refractivity (Wildman–Crippen MR) is 77.9 cm³/mol. The van der Waals surface area contributed by atoms with Crippen LogP contribution in [0.5, 0.6) is 0 Å². The SMILES string of the molecule is CCC1CCN(CC(=O)c2ccc(Br)cc2)CC1. The molecule has 0 amide bonds. The van der Waals surface area contributed by atoms with Crippen LogP contribution in [0, 0.1) is 5.92 Å². The van der Waals surface area contributed by atoms with Crippen LogP contribution in [0.4, 0.5) is 0 Å². The molecule has 18 heavy (non-hydrogen) atoms. The normalized spacial score (nSPS) is 17.9. The lowest BCUT2D eigenvalue weighted by Crippen LogP contribution is -2.37. The second-order valence-electron chi connectivity index (χ2n) is 5.06. The highest BCUT2D eigenvalue weighted by Gasteiger charge is 2.19. The first-order valence-corrected chi connectivity index (χ1v) is 7.49. The van der Waals surface area contributed by atoms with E-state index < -0.39 is 0 Å². The maximum atomic E-state index is 12.1. The fourth-order valence-electron chi connectivity index (χ4n) is 2.48. The number of carbonyl (C=O) groups is 1. The zero-order valence-electron chi connectivity index (χ0n) is 10.9. The van der Waals surface area contributed by atoms with E-state index in [1.165, 1.54) is 19.3 Å². The molecule has 0 spiro atoms. The number of nitrogens with zero attached hydrogens (tertiary/aromatic N) is 1. The van der Waals surface area contributed by atoms with Crippen LogP contribution in [0.25, 0.3) is 0 Å². The Hall–Kier alpha value is -0.670. The second kappa shape index (κ2) is 6.48. The molecule has 1 saturated heterocycles. The summed E-state index contributed by atoms with van der Waals surface area (Å²) < 4.78 is 1.02. The van der Waals surface area contributed by atoms with Gasteiger partial charge in [-0.3, -0.25) is 9.69 Å². The number of benzene rings is 1. The lowest BCUT2D eigenvalue weighted by atomic mass is 9.94. The maximum Gasteiger partial charge on any atom is 0.176 e. The highest BCUT2D eigenvalue weighted by atomic mass is 79.9. The van der Waals surface area contributed by atoms with Gasteiger partial charge in [0.2, 0.25) is 0 Å². The average Bonchev–Trinajstić information content (AvgIpc) is 2.40. The molecule has 0 N–H and O–H groups in total. The van der Waals surface area contributed by atoms with Gasteiger partial charge in [-0.15, -0.1) is 0 Å². The fraction of sp³-hybridized carbons (Fsp3) is 0.533. The van der Waals surface area contributed by atoms with E-state index in [0.29, 0.717) is 6.54 Å². The van der Waals surface area contributed by atoms with Crippen molar-refractivity contribution in [3.8, 4) is 0 Å². The Balaban J connectivity index is 1.86. The summed E-state index contributed by atoms with van der Waals surface area (Å²) in [6.45, 7) is 4.97. The van der Waals surface area contributed by atoms with Crippen molar-refractivity contribution in [2.75, 3.05) is 19.6 Å². The number of hydrogen-bond donors (Lipinski definition) is 0. The number of likely N-dealkylation sites (tertiary alicyclic amines) is 1. The van der Waals surface area contributed by atoms with E-state index in [-0.39, 0.29) is 5.78 Å². The first-order chi connectivity index (χ1) is 8.69. The molecular weight excluding hydrogens is 290 g/mol. The van der Waals surface area contributed by atoms with Crippen LogP contribution in [0.15, 0.2) is 28.7 Å². The van der Waals surface area contributed by atoms with Gasteiger partial charge in [0, 0.05) is 10.0 Å². The molecule has 1 heterocycles. The molecule has 0 radical (unpaired) electrons. The molecule has 3 heteroatoms. The third kappa shape index (κ3) is 3.66. The number of ketones is 1. The molecule has 2 rings (SSSR count). The Bertz CT molecular complexity index is 393. The second-order valence-corrected chi connectivity index (χ2v) is 5.97.